The molecule has 0 saturated carbocycles. The minimum Gasteiger partial charge on any atom is -0.377 e. The fourth-order valence-electron chi connectivity index (χ4n) is 2.28. The van der Waals surface area contributed by atoms with Crippen molar-refractivity contribution in [2.24, 2.45) is 0 Å². The summed E-state index contributed by atoms with van der Waals surface area (Å²) in [6.45, 7) is 2.81. The predicted molar refractivity (Wildman–Crippen MR) is 78.7 cm³/mol. The van der Waals surface area contributed by atoms with Crippen LogP contribution in [0, 0.1) is 6.92 Å². The van der Waals surface area contributed by atoms with Crippen LogP contribution in [0.4, 0.5) is 0 Å². The minimum absolute atomic E-state index is 0.0209. The lowest BCUT2D eigenvalue weighted by atomic mass is 10.2. The third-order valence-electron chi connectivity index (χ3n) is 3.37. The van der Waals surface area contributed by atoms with Crippen molar-refractivity contribution in [3.63, 3.8) is 0 Å². The average Bonchev–Trinajstić information content (AvgIpc) is 3.18. The van der Waals surface area contributed by atoms with Crippen LogP contribution in [-0.4, -0.2) is 32.8 Å². The van der Waals surface area contributed by atoms with E-state index in [-0.39, 0.29) is 11.0 Å². The number of sulfonamides is 1. The Balaban J connectivity index is 1.78. The van der Waals surface area contributed by atoms with E-state index in [2.05, 4.69) is 9.88 Å². The third kappa shape index (κ3) is 3.18. The molecule has 1 atom stereocenters. The SMILES string of the molecule is Cc1sc(-c2ccno2)cc1S(=O)(=O)NC[C@@H]1CCCO1. The highest BCUT2D eigenvalue weighted by Gasteiger charge is 2.24. The number of hydrogen-bond donors (Lipinski definition) is 1. The van der Waals surface area contributed by atoms with E-state index in [1.807, 2.05) is 0 Å². The van der Waals surface area contributed by atoms with E-state index in [1.54, 1.807) is 19.1 Å². The normalized spacial score (nSPS) is 19.2. The summed E-state index contributed by atoms with van der Waals surface area (Å²) in [7, 11) is -3.53. The van der Waals surface area contributed by atoms with Crippen LogP contribution in [0.2, 0.25) is 0 Å². The van der Waals surface area contributed by atoms with Crippen molar-refractivity contribution < 1.29 is 17.7 Å². The van der Waals surface area contributed by atoms with Gasteiger partial charge < -0.3 is 9.26 Å². The third-order valence-corrected chi connectivity index (χ3v) is 6.11. The zero-order valence-corrected chi connectivity index (χ0v) is 13.2. The Morgan fingerprint density at radius 3 is 3.05 bits per heavy atom. The van der Waals surface area contributed by atoms with Crippen LogP contribution in [0.1, 0.15) is 17.7 Å². The number of nitrogens with zero attached hydrogens (tertiary/aromatic N) is 1. The van der Waals surface area contributed by atoms with Crippen LogP contribution in [0.3, 0.4) is 0 Å². The fraction of sp³-hybridized carbons (Fsp3) is 0.462. The lowest BCUT2D eigenvalue weighted by Crippen LogP contribution is -2.31. The lowest BCUT2D eigenvalue weighted by molar-refractivity contribution is 0.114. The maximum atomic E-state index is 12.4. The highest BCUT2D eigenvalue weighted by atomic mass is 32.2. The summed E-state index contributed by atoms with van der Waals surface area (Å²) >= 11 is 1.37. The summed E-state index contributed by atoms with van der Waals surface area (Å²) in [4.78, 5) is 1.76. The summed E-state index contributed by atoms with van der Waals surface area (Å²) in [6, 6.07) is 3.33. The summed E-state index contributed by atoms with van der Waals surface area (Å²) in [5.74, 6) is 0.573. The van der Waals surface area contributed by atoms with Crippen molar-refractivity contribution in [3.05, 3.63) is 23.2 Å². The topological polar surface area (TPSA) is 81.4 Å². The van der Waals surface area contributed by atoms with Gasteiger partial charge in [-0.25, -0.2) is 13.1 Å². The van der Waals surface area contributed by atoms with Gasteiger partial charge in [0.1, 0.15) is 0 Å². The standard InChI is InChI=1S/C13H16N2O4S2/c1-9-13(7-12(20-9)11-4-5-14-19-11)21(16,17)15-8-10-3-2-6-18-10/h4-5,7,10,15H,2-3,6,8H2,1H3/t10-/m0/s1. The molecule has 0 amide bonds. The number of hydrogen-bond acceptors (Lipinski definition) is 6. The second-order valence-electron chi connectivity index (χ2n) is 4.89. The Hall–Kier alpha value is -1.22. The Morgan fingerprint density at radius 1 is 1.52 bits per heavy atom. The van der Waals surface area contributed by atoms with Crippen LogP contribution in [0.5, 0.6) is 0 Å². The van der Waals surface area contributed by atoms with E-state index in [1.165, 1.54) is 17.5 Å². The predicted octanol–water partition coefficient (Wildman–Crippen LogP) is 2.17. The Bertz CT molecular complexity index is 701. The van der Waals surface area contributed by atoms with Crippen LogP contribution >= 0.6 is 11.3 Å². The second kappa shape index (κ2) is 5.88. The number of nitrogens with one attached hydrogen (secondary N) is 1. The zero-order chi connectivity index (χ0) is 14.9. The Kier molecular flexibility index (Phi) is 4.12. The maximum Gasteiger partial charge on any atom is 0.241 e. The van der Waals surface area contributed by atoms with Gasteiger partial charge in [-0.1, -0.05) is 5.16 Å². The van der Waals surface area contributed by atoms with Gasteiger partial charge in [0.2, 0.25) is 10.0 Å². The lowest BCUT2D eigenvalue weighted by Gasteiger charge is -2.11. The molecule has 1 saturated heterocycles. The van der Waals surface area contributed by atoms with Gasteiger partial charge in [-0.15, -0.1) is 11.3 Å². The molecule has 0 spiro atoms. The monoisotopic (exact) mass is 328 g/mol. The molecule has 1 aliphatic rings. The first-order chi connectivity index (χ1) is 10.1. The highest BCUT2D eigenvalue weighted by Crippen LogP contribution is 2.33. The average molecular weight is 328 g/mol. The molecule has 21 heavy (non-hydrogen) atoms. The first-order valence-electron chi connectivity index (χ1n) is 6.69. The highest BCUT2D eigenvalue weighted by molar-refractivity contribution is 7.89. The van der Waals surface area contributed by atoms with Crippen molar-refractivity contribution in [2.45, 2.75) is 30.8 Å². The number of aromatic nitrogens is 1. The van der Waals surface area contributed by atoms with E-state index >= 15 is 0 Å². The van der Waals surface area contributed by atoms with Crippen molar-refractivity contribution in [1.82, 2.24) is 9.88 Å². The molecule has 2 aromatic rings. The van der Waals surface area contributed by atoms with Crippen LogP contribution < -0.4 is 4.72 Å². The van der Waals surface area contributed by atoms with E-state index in [0.29, 0.717) is 18.9 Å². The van der Waals surface area contributed by atoms with Crippen molar-refractivity contribution in [1.29, 1.82) is 0 Å². The fourth-order valence-corrected chi connectivity index (χ4v) is 4.90. The molecular weight excluding hydrogens is 312 g/mol. The van der Waals surface area contributed by atoms with Gasteiger partial charge in [-0.3, -0.25) is 0 Å². The molecule has 6 nitrogen and oxygen atoms in total. The molecule has 3 rings (SSSR count). The smallest absolute Gasteiger partial charge is 0.241 e. The van der Waals surface area contributed by atoms with E-state index in [4.69, 9.17) is 9.26 Å². The largest absolute Gasteiger partial charge is 0.377 e. The quantitative estimate of drug-likeness (QED) is 0.909. The molecule has 1 N–H and O–H groups in total. The molecule has 0 aromatic carbocycles. The van der Waals surface area contributed by atoms with Crippen molar-refractivity contribution >= 4 is 21.4 Å². The molecule has 0 bridgehead atoms. The molecule has 1 fully saturated rings. The second-order valence-corrected chi connectivity index (χ2v) is 7.89. The number of rotatable bonds is 5. The summed E-state index contributed by atoms with van der Waals surface area (Å²) in [5.41, 5.74) is 0. The van der Waals surface area contributed by atoms with Crippen molar-refractivity contribution in [3.8, 4) is 10.6 Å². The molecule has 2 aromatic heterocycles. The van der Waals surface area contributed by atoms with E-state index in [0.717, 1.165) is 22.6 Å². The van der Waals surface area contributed by atoms with Gasteiger partial charge in [0, 0.05) is 24.1 Å². The first kappa shape index (κ1) is 14.7. The van der Waals surface area contributed by atoms with Gasteiger partial charge >= 0.3 is 0 Å². The van der Waals surface area contributed by atoms with Crippen LogP contribution in [0.15, 0.2) is 27.7 Å². The van der Waals surface area contributed by atoms with Crippen molar-refractivity contribution in [2.75, 3.05) is 13.2 Å². The zero-order valence-electron chi connectivity index (χ0n) is 11.5. The minimum atomic E-state index is -3.53. The van der Waals surface area contributed by atoms with Gasteiger partial charge in [-0.05, 0) is 25.8 Å². The Morgan fingerprint density at radius 2 is 2.38 bits per heavy atom. The van der Waals surface area contributed by atoms with Gasteiger partial charge in [0.15, 0.2) is 5.76 Å². The summed E-state index contributed by atoms with van der Waals surface area (Å²) < 4.78 is 37.9. The molecule has 1 aliphatic heterocycles. The summed E-state index contributed by atoms with van der Waals surface area (Å²) in [6.07, 6.45) is 3.40. The van der Waals surface area contributed by atoms with E-state index < -0.39 is 10.0 Å². The first-order valence-corrected chi connectivity index (χ1v) is 8.99. The molecule has 0 aliphatic carbocycles. The Labute approximate surface area is 127 Å². The van der Waals surface area contributed by atoms with Gasteiger partial charge in [-0.2, -0.15) is 0 Å². The molecule has 114 valence electrons. The molecule has 0 radical (unpaired) electrons. The molecule has 8 heteroatoms. The molecular formula is C13H16N2O4S2. The molecule has 3 heterocycles. The maximum absolute atomic E-state index is 12.4. The van der Waals surface area contributed by atoms with Gasteiger partial charge in [0.05, 0.1) is 22.1 Å². The molecule has 0 unspecified atom stereocenters. The number of aryl methyl sites for hydroxylation is 1. The van der Waals surface area contributed by atoms with E-state index in [9.17, 15) is 8.42 Å². The number of ether oxygens (including phenoxy) is 1. The summed E-state index contributed by atoms with van der Waals surface area (Å²) in [5, 5.41) is 3.64. The van der Waals surface area contributed by atoms with Crippen LogP contribution in [-0.2, 0) is 14.8 Å². The van der Waals surface area contributed by atoms with Gasteiger partial charge in [0.25, 0.3) is 0 Å². The number of thiophene rings is 1. The van der Waals surface area contributed by atoms with Crippen LogP contribution in [0.25, 0.3) is 10.6 Å².